The van der Waals surface area contributed by atoms with E-state index in [1.807, 2.05) is 44.4 Å². The topological polar surface area (TPSA) is 80.8 Å². The fourth-order valence-corrected chi connectivity index (χ4v) is 7.72. The largest absolute Gasteiger partial charge is 0.369 e. The summed E-state index contributed by atoms with van der Waals surface area (Å²) in [5, 5.41) is 6.47. The second kappa shape index (κ2) is 13.2. The Morgan fingerprint density at radius 3 is 2.27 bits per heavy atom. The van der Waals surface area contributed by atoms with Gasteiger partial charge in [-0.25, -0.2) is 4.98 Å². The lowest BCUT2D eigenvalue weighted by atomic mass is 9.96. The van der Waals surface area contributed by atoms with Crippen molar-refractivity contribution in [1.82, 2.24) is 20.5 Å². The number of anilines is 2. The Hall–Kier alpha value is -3.56. The third kappa shape index (κ3) is 6.44. The van der Waals surface area contributed by atoms with E-state index in [1.165, 1.54) is 5.69 Å². The van der Waals surface area contributed by atoms with Crippen LogP contribution in [-0.2, 0) is 0 Å². The van der Waals surface area contributed by atoms with Crippen molar-refractivity contribution < 1.29 is 9.59 Å². The number of thioether (sulfide) groups is 1. The number of benzene rings is 2. The number of piperidine rings is 1. The zero-order valence-corrected chi connectivity index (χ0v) is 27.1. The molecule has 3 fully saturated rings. The summed E-state index contributed by atoms with van der Waals surface area (Å²) in [7, 11) is 2.16. The van der Waals surface area contributed by atoms with Crippen LogP contribution in [0.1, 0.15) is 70.5 Å². The molecule has 2 N–H and O–H groups in total. The van der Waals surface area contributed by atoms with Crippen LogP contribution in [0.25, 0.3) is 0 Å². The summed E-state index contributed by atoms with van der Waals surface area (Å²) >= 11 is 1.67. The first-order valence-electron chi connectivity index (χ1n) is 15.8. The van der Waals surface area contributed by atoms with Gasteiger partial charge in [-0.1, -0.05) is 18.2 Å². The Morgan fingerprint density at radius 2 is 1.64 bits per heavy atom. The summed E-state index contributed by atoms with van der Waals surface area (Å²) < 4.78 is 0. The molecule has 44 heavy (non-hydrogen) atoms. The summed E-state index contributed by atoms with van der Waals surface area (Å²) in [6.45, 7) is 8.27. The predicted molar refractivity (Wildman–Crippen MR) is 179 cm³/mol. The van der Waals surface area contributed by atoms with E-state index >= 15 is 0 Å². The normalized spacial score (nSPS) is 22.5. The molecule has 0 radical (unpaired) electrons. The lowest BCUT2D eigenvalue weighted by Crippen LogP contribution is -2.50. The molecular formula is C35H44N6O2S. The van der Waals surface area contributed by atoms with Gasteiger partial charge < -0.3 is 25.3 Å². The second-order valence-electron chi connectivity index (χ2n) is 12.5. The van der Waals surface area contributed by atoms with E-state index in [0.29, 0.717) is 17.6 Å². The zero-order valence-electron chi connectivity index (χ0n) is 26.3. The lowest BCUT2D eigenvalue weighted by Gasteiger charge is -2.40. The molecule has 3 aromatic rings. The summed E-state index contributed by atoms with van der Waals surface area (Å²) in [5.41, 5.74) is 4.68. The number of amides is 2. The first-order valence-corrected chi connectivity index (χ1v) is 17.1. The summed E-state index contributed by atoms with van der Waals surface area (Å²) in [6, 6.07) is 19.1. The first kappa shape index (κ1) is 30.5. The van der Waals surface area contributed by atoms with E-state index in [4.69, 9.17) is 4.98 Å². The highest BCUT2D eigenvalue weighted by molar-refractivity contribution is 7.98. The highest BCUT2D eigenvalue weighted by Crippen LogP contribution is 2.39. The molecule has 2 bridgehead atoms. The number of nitrogens with one attached hydrogen (secondary N) is 2. The average molecular weight is 613 g/mol. The number of carbonyl (C=O) groups is 2. The van der Waals surface area contributed by atoms with E-state index in [0.717, 1.165) is 79.3 Å². The molecule has 232 valence electrons. The number of pyridine rings is 1. The van der Waals surface area contributed by atoms with Crippen molar-refractivity contribution >= 4 is 35.1 Å². The molecule has 8 nitrogen and oxygen atoms in total. The Labute approximate surface area is 265 Å². The quantitative estimate of drug-likeness (QED) is 0.335. The minimum Gasteiger partial charge on any atom is -0.369 e. The highest BCUT2D eigenvalue weighted by Gasteiger charge is 2.42. The van der Waals surface area contributed by atoms with Crippen molar-refractivity contribution in [2.45, 2.75) is 68.6 Å². The fraction of sp³-hybridized carbons (Fsp3) is 0.457. The number of hydrogen-bond donors (Lipinski definition) is 2. The molecule has 2 aromatic carbocycles. The van der Waals surface area contributed by atoms with E-state index in [2.05, 4.69) is 62.7 Å². The number of piperazine rings is 1. The number of carbonyl (C=O) groups excluding carboxylic acids is 2. The van der Waals surface area contributed by atoms with Gasteiger partial charge in [0.25, 0.3) is 11.8 Å². The lowest BCUT2D eigenvalue weighted by molar-refractivity contribution is 0.0922. The van der Waals surface area contributed by atoms with Crippen LogP contribution in [0.15, 0.2) is 65.7 Å². The minimum absolute atomic E-state index is 0.0185. The Bertz CT molecular complexity index is 1460. The SMILES string of the molecule is CSc1cccc(C(=O)N[C@H]2C[C@H]3CC[C@@H](C2)N3c2ccc(C(=O)N[C@@H](C)c3ccc(N4CCN(C)CC4)cc3)cn2)c1C. The number of nitrogens with zero attached hydrogens (tertiary/aromatic N) is 4. The third-order valence-corrected chi connectivity index (χ3v) is 10.6. The van der Waals surface area contributed by atoms with Crippen LogP contribution in [0, 0.1) is 6.92 Å². The van der Waals surface area contributed by atoms with E-state index < -0.39 is 0 Å². The highest BCUT2D eigenvalue weighted by atomic mass is 32.2. The molecule has 0 spiro atoms. The summed E-state index contributed by atoms with van der Waals surface area (Å²) in [6.07, 6.45) is 7.72. The molecular weight excluding hydrogens is 568 g/mol. The standard InChI is InChI=1S/C35H44N6O2S/c1-23-31(6-5-7-32(23)44-4)35(43)38-27-20-29-13-14-30(21-27)41(29)33-15-10-26(22-36-33)34(42)37-24(2)25-8-11-28(12-9-25)40-18-16-39(3)17-19-40/h5-12,15,22,24,27,29-30H,13-14,16-21H2,1-4H3,(H,37,42)(H,38,43)/t24-,27-,29+,30-/m0/s1. The number of aromatic nitrogens is 1. The maximum Gasteiger partial charge on any atom is 0.253 e. The number of likely N-dealkylation sites (N-methyl/N-ethyl adjacent to an activating group) is 1. The fourth-order valence-electron chi connectivity index (χ4n) is 7.09. The molecule has 1 aromatic heterocycles. The minimum atomic E-state index is -0.120. The predicted octanol–water partition coefficient (Wildman–Crippen LogP) is 5.28. The molecule has 3 saturated heterocycles. The molecule has 0 aliphatic carbocycles. The van der Waals surface area contributed by atoms with Crippen LogP contribution in [0.3, 0.4) is 0 Å². The van der Waals surface area contributed by atoms with Crippen molar-refractivity contribution in [3.8, 4) is 0 Å². The van der Waals surface area contributed by atoms with Gasteiger partial charge >= 0.3 is 0 Å². The Kier molecular flexibility index (Phi) is 9.14. The van der Waals surface area contributed by atoms with Gasteiger partial charge in [-0.3, -0.25) is 9.59 Å². The number of fused-ring (bicyclic) bond motifs is 2. The van der Waals surface area contributed by atoms with E-state index in [1.54, 1.807) is 18.0 Å². The van der Waals surface area contributed by atoms with Gasteiger partial charge in [0.15, 0.2) is 0 Å². The van der Waals surface area contributed by atoms with Crippen molar-refractivity contribution in [3.63, 3.8) is 0 Å². The molecule has 6 rings (SSSR count). The molecule has 0 saturated carbocycles. The zero-order chi connectivity index (χ0) is 30.8. The van der Waals surface area contributed by atoms with Crippen molar-refractivity contribution in [2.24, 2.45) is 0 Å². The smallest absolute Gasteiger partial charge is 0.253 e. The molecule has 4 heterocycles. The second-order valence-corrected chi connectivity index (χ2v) is 13.4. The van der Waals surface area contributed by atoms with E-state index in [9.17, 15) is 9.59 Å². The van der Waals surface area contributed by atoms with Crippen LogP contribution in [0.4, 0.5) is 11.5 Å². The number of hydrogen-bond acceptors (Lipinski definition) is 7. The van der Waals surface area contributed by atoms with E-state index in [-0.39, 0.29) is 23.9 Å². The van der Waals surface area contributed by atoms with Crippen LogP contribution in [-0.4, -0.2) is 79.3 Å². The first-order chi connectivity index (χ1) is 21.3. The van der Waals surface area contributed by atoms with Crippen LogP contribution >= 0.6 is 11.8 Å². The summed E-state index contributed by atoms with van der Waals surface area (Å²) in [4.78, 5) is 39.3. The van der Waals surface area contributed by atoms with Gasteiger partial charge in [0.1, 0.15) is 5.82 Å². The monoisotopic (exact) mass is 612 g/mol. The van der Waals surface area contributed by atoms with Gasteiger partial charge in [0.05, 0.1) is 11.6 Å². The van der Waals surface area contributed by atoms with Gasteiger partial charge in [-0.15, -0.1) is 11.8 Å². The molecule has 9 heteroatoms. The van der Waals surface area contributed by atoms with Crippen LogP contribution in [0.2, 0.25) is 0 Å². The average Bonchev–Trinajstić information content (AvgIpc) is 3.31. The molecule has 3 aliphatic heterocycles. The molecule has 3 aliphatic rings. The maximum absolute atomic E-state index is 13.2. The van der Waals surface area contributed by atoms with Crippen molar-refractivity contribution in [2.75, 3.05) is 49.3 Å². The third-order valence-electron chi connectivity index (χ3n) is 9.70. The molecule has 2 amide bonds. The van der Waals surface area contributed by atoms with Crippen LogP contribution in [0.5, 0.6) is 0 Å². The summed E-state index contributed by atoms with van der Waals surface area (Å²) in [5.74, 6) is 0.810. The van der Waals surface area contributed by atoms with Gasteiger partial charge in [-0.05, 0) is 100 Å². The van der Waals surface area contributed by atoms with Gasteiger partial charge in [-0.2, -0.15) is 0 Å². The molecule has 0 unspecified atom stereocenters. The Morgan fingerprint density at radius 1 is 0.932 bits per heavy atom. The van der Waals surface area contributed by atoms with Crippen molar-refractivity contribution in [3.05, 3.63) is 83.0 Å². The number of rotatable bonds is 8. The van der Waals surface area contributed by atoms with Crippen molar-refractivity contribution in [1.29, 1.82) is 0 Å². The van der Waals surface area contributed by atoms with Crippen LogP contribution < -0.4 is 20.4 Å². The Balaban J connectivity index is 1.03. The maximum atomic E-state index is 13.2. The molecule has 4 atom stereocenters. The van der Waals surface area contributed by atoms with Gasteiger partial charge in [0, 0.05) is 66.6 Å². The van der Waals surface area contributed by atoms with Gasteiger partial charge in [0.2, 0.25) is 0 Å².